The van der Waals surface area contributed by atoms with E-state index in [-0.39, 0.29) is 18.3 Å². The third-order valence-electron chi connectivity index (χ3n) is 4.30. The Bertz CT molecular complexity index is 713. The standard InChI is InChI=1S/C16H19F3N4O2/c1-3-15(4-2,9-20)13(24)21-11-7-5-10(6-8-11)12-22-14(25-23-12)16(17,18)19/h5-8H,3-4,9,20H2,1-2H3,(H,21,24). The van der Waals surface area contributed by atoms with Gasteiger partial charge in [0.25, 0.3) is 0 Å². The number of hydrogen-bond donors (Lipinski definition) is 2. The summed E-state index contributed by atoms with van der Waals surface area (Å²) >= 11 is 0. The fraction of sp³-hybridized carbons (Fsp3) is 0.438. The molecular formula is C16H19F3N4O2. The molecule has 1 aromatic carbocycles. The average Bonchev–Trinajstić information content (AvgIpc) is 3.08. The third-order valence-corrected chi connectivity index (χ3v) is 4.30. The lowest BCUT2D eigenvalue weighted by atomic mass is 9.81. The van der Waals surface area contributed by atoms with E-state index < -0.39 is 17.5 Å². The fourth-order valence-corrected chi connectivity index (χ4v) is 2.37. The molecule has 0 aliphatic heterocycles. The average molecular weight is 356 g/mol. The highest BCUT2D eigenvalue weighted by atomic mass is 19.4. The fourth-order valence-electron chi connectivity index (χ4n) is 2.37. The molecule has 25 heavy (non-hydrogen) atoms. The zero-order chi connectivity index (χ0) is 18.7. The van der Waals surface area contributed by atoms with Gasteiger partial charge in [0.15, 0.2) is 0 Å². The highest BCUT2D eigenvalue weighted by molar-refractivity contribution is 5.95. The van der Waals surface area contributed by atoms with Crippen molar-refractivity contribution in [1.82, 2.24) is 10.1 Å². The van der Waals surface area contributed by atoms with Gasteiger partial charge in [-0.25, -0.2) is 0 Å². The Balaban J connectivity index is 2.15. The maximum Gasteiger partial charge on any atom is 0.471 e. The van der Waals surface area contributed by atoms with E-state index in [1.807, 2.05) is 13.8 Å². The molecule has 2 aromatic rings. The first kappa shape index (κ1) is 18.9. The van der Waals surface area contributed by atoms with E-state index in [1.54, 1.807) is 12.1 Å². The second-order valence-corrected chi connectivity index (χ2v) is 5.64. The molecule has 136 valence electrons. The predicted octanol–water partition coefficient (Wildman–Crippen LogP) is 3.46. The summed E-state index contributed by atoms with van der Waals surface area (Å²) in [5, 5.41) is 6.09. The third kappa shape index (κ3) is 3.98. The Morgan fingerprint density at radius 1 is 1.20 bits per heavy atom. The van der Waals surface area contributed by atoms with Crippen molar-refractivity contribution in [3.8, 4) is 11.4 Å². The summed E-state index contributed by atoms with van der Waals surface area (Å²) in [4.78, 5) is 15.8. The summed E-state index contributed by atoms with van der Waals surface area (Å²) in [6.07, 6.45) is -3.48. The molecule has 0 fully saturated rings. The zero-order valence-electron chi connectivity index (χ0n) is 13.9. The summed E-state index contributed by atoms with van der Waals surface area (Å²) in [6.45, 7) is 4.02. The van der Waals surface area contributed by atoms with Gasteiger partial charge in [0, 0.05) is 17.8 Å². The number of nitrogens with two attached hydrogens (primary N) is 1. The number of amides is 1. The molecule has 1 aromatic heterocycles. The Kier molecular flexibility index (Phi) is 5.46. The van der Waals surface area contributed by atoms with Crippen molar-refractivity contribution in [3.05, 3.63) is 30.2 Å². The van der Waals surface area contributed by atoms with Crippen LogP contribution in [0.3, 0.4) is 0 Å². The SMILES string of the molecule is CCC(CC)(CN)C(=O)Nc1ccc(-c2noc(C(F)(F)F)n2)cc1. The molecule has 0 saturated heterocycles. The van der Waals surface area contributed by atoms with Crippen molar-refractivity contribution >= 4 is 11.6 Å². The van der Waals surface area contributed by atoms with Crippen LogP contribution in [0.15, 0.2) is 28.8 Å². The van der Waals surface area contributed by atoms with Crippen molar-refractivity contribution < 1.29 is 22.5 Å². The van der Waals surface area contributed by atoms with Gasteiger partial charge in [0.2, 0.25) is 11.7 Å². The molecule has 0 unspecified atom stereocenters. The van der Waals surface area contributed by atoms with E-state index in [2.05, 4.69) is 20.0 Å². The minimum atomic E-state index is -4.69. The molecule has 6 nitrogen and oxygen atoms in total. The number of carbonyl (C=O) groups excluding carboxylic acids is 1. The molecule has 0 saturated carbocycles. The van der Waals surface area contributed by atoms with Crippen LogP contribution in [-0.2, 0) is 11.0 Å². The molecule has 3 N–H and O–H groups in total. The van der Waals surface area contributed by atoms with Crippen LogP contribution >= 0.6 is 0 Å². The highest BCUT2D eigenvalue weighted by Crippen LogP contribution is 2.30. The van der Waals surface area contributed by atoms with E-state index in [1.165, 1.54) is 12.1 Å². The van der Waals surface area contributed by atoms with E-state index in [4.69, 9.17) is 5.73 Å². The second-order valence-electron chi connectivity index (χ2n) is 5.64. The number of anilines is 1. The van der Waals surface area contributed by atoms with Gasteiger partial charge in [-0.15, -0.1) is 0 Å². The largest absolute Gasteiger partial charge is 0.471 e. The van der Waals surface area contributed by atoms with Crippen molar-refractivity contribution in [2.45, 2.75) is 32.9 Å². The monoisotopic (exact) mass is 356 g/mol. The first-order valence-corrected chi connectivity index (χ1v) is 7.78. The van der Waals surface area contributed by atoms with Crippen LogP contribution in [0.4, 0.5) is 18.9 Å². The van der Waals surface area contributed by atoms with Crippen LogP contribution < -0.4 is 11.1 Å². The van der Waals surface area contributed by atoms with E-state index in [0.717, 1.165) is 0 Å². The van der Waals surface area contributed by atoms with Gasteiger partial charge in [0.1, 0.15) is 0 Å². The van der Waals surface area contributed by atoms with E-state index in [0.29, 0.717) is 24.1 Å². The smallest absolute Gasteiger partial charge is 0.329 e. The molecule has 0 spiro atoms. The minimum absolute atomic E-state index is 0.177. The first-order valence-electron chi connectivity index (χ1n) is 7.78. The van der Waals surface area contributed by atoms with Crippen molar-refractivity contribution in [2.24, 2.45) is 11.1 Å². The summed E-state index contributed by atoms with van der Waals surface area (Å²) in [5.74, 6) is -1.77. The molecule has 0 bridgehead atoms. The Hall–Kier alpha value is -2.42. The van der Waals surface area contributed by atoms with E-state index in [9.17, 15) is 18.0 Å². The van der Waals surface area contributed by atoms with Gasteiger partial charge in [-0.2, -0.15) is 18.2 Å². The number of halogens is 3. The van der Waals surface area contributed by atoms with Gasteiger partial charge in [-0.05, 0) is 37.1 Å². The molecule has 0 aliphatic carbocycles. The summed E-state index contributed by atoms with van der Waals surface area (Å²) in [6, 6.07) is 6.12. The topological polar surface area (TPSA) is 94.0 Å². The predicted molar refractivity (Wildman–Crippen MR) is 85.4 cm³/mol. The number of nitrogens with zero attached hydrogens (tertiary/aromatic N) is 2. The minimum Gasteiger partial charge on any atom is -0.329 e. The zero-order valence-corrected chi connectivity index (χ0v) is 13.9. The van der Waals surface area contributed by atoms with Crippen molar-refractivity contribution in [3.63, 3.8) is 0 Å². The number of nitrogens with one attached hydrogen (secondary N) is 1. The number of hydrogen-bond acceptors (Lipinski definition) is 5. The Morgan fingerprint density at radius 3 is 2.24 bits per heavy atom. The maximum absolute atomic E-state index is 12.5. The van der Waals surface area contributed by atoms with Crippen molar-refractivity contribution in [2.75, 3.05) is 11.9 Å². The quantitative estimate of drug-likeness (QED) is 0.827. The number of alkyl halides is 3. The maximum atomic E-state index is 12.5. The van der Waals surface area contributed by atoms with Gasteiger partial charge >= 0.3 is 12.1 Å². The molecular weight excluding hydrogens is 337 g/mol. The van der Waals surface area contributed by atoms with E-state index >= 15 is 0 Å². The lowest BCUT2D eigenvalue weighted by Gasteiger charge is -2.28. The van der Waals surface area contributed by atoms with Gasteiger partial charge < -0.3 is 15.6 Å². The second kappa shape index (κ2) is 7.22. The van der Waals surface area contributed by atoms with Crippen LogP contribution in [0.5, 0.6) is 0 Å². The number of rotatable bonds is 6. The summed E-state index contributed by atoms with van der Waals surface area (Å²) in [7, 11) is 0. The number of aromatic nitrogens is 2. The van der Waals surface area contributed by atoms with Gasteiger partial charge in [0.05, 0.1) is 5.41 Å². The lowest BCUT2D eigenvalue weighted by Crippen LogP contribution is -2.41. The Labute approximate surface area is 142 Å². The van der Waals surface area contributed by atoms with Gasteiger partial charge in [-0.1, -0.05) is 19.0 Å². The molecule has 0 atom stereocenters. The number of benzene rings is 1. The molecule has 1 amide bonds. The number of carbonyl (C=O) groups is 1. The molecule has 9 heteroatoms. The summed E-state index contributed by atoms with van der Waals surface area (Å²) < 4.78 is 41.6. The highest BCUT2D eigenvalue weighted by Gasteiger charge is 2.38. The Morgan fingerprint density at radius 2 is 1.80 bits per heavy atom. The van der Waals surface area contributed by atoms with Crippen molar-refractivity contribution in [1.29, 1.82) is 0 Å². The first-order chi connectivity index (χ1) is 11.8. The van der Waals surface area contributed by atoms with Crippen LogP contribution in [-0.4, -0.2) is 22.6 Å². The van der Waals surface area contributed by atoms with Crippen LogP contribution in [0, 0.1) is 5.41 Å². The lowest BCUT2D eigenvalue weighted by molar-refractivity contribution is -0.159. The normalized spacial score (nSPS) is 12.2. The van der Waals surface area contributed by atoms with Crippen LogP contribution in [0.1, 0.15) is 32.6 Å². The van der Waals surface area contributed by atoms with Crippen LogP contribution in [0.2, 0.25) is 0 Å². The molecule has 0 aliphatic rings. The van der Waals surface area contributed by atoms with Crippen LogP contribution in [0.25, 0.3) is 11.4 Å². The van der Waals surface area contributed by atoms with Gasteiger partial charge in [-0.3, -0.25) is 4.79 Å². The molecule has 0 radical (unpaired) electrons. The molecule has 1 heterocycles. The summed E-state index contributed by atoms with van der Waals surface area (Å²) in [5.41, 5.74) is 5.94. The molecule has 2 rings (SSSR count).